The summed E-state index contributed by atoms with van der Waals surface area (Å²) >= 11 is 0. The summed E-state index contributed by atoms with van der Waals surface area (Å²) in [5, 5.41) is 6.61. The number of hydrogen-bond acceptors (Lipinski definition) is 3. The van der Waals surface area contributed by atoms with Crippen molar-refractivity contribution in [1.82, 2.24) is 20.4 Å². The van der Waals surface area contributed by atoms with Crippen LogP contribution >= 0.6 is 0 Å². The van der Waals surface area contributed by atoms with Gasteiger partial charge in [0.15, 0.2) is 0 Å². The Morgan fingerprint density at radius 1 is 1.00 bits per heavy atom. The normalized spacial score (nSPS) is 29.6. The third-order valence-corrected chi connectivity index (χ3v) is 5.63. The van der Waals surface area contributed by atoms with Gasteiger partial charge in [0.25, 0.3) is 0 Å². The summed E-state index contributed by atoms with van der Waals surface area (Å²) in [6, 6.07) is 0.473. The summed E-state index contributed by atoms with van der Waals surface area (Å²) in [4.78, 5) is 28.8. The molecule has 0 saturated carbocycles. The Balaban J connectivity index is 1.44. The molecule has 0 radical (unpaired) electrons. The number of likely N-dealkylation sites (tertiary alicyclic amines) is 2. The third kappa shape index (κ3) is 3.97. The SMILES string of the molecule is CC1CNCCC1NC(=O)C1CCN(C(=O)N2CCCC2)CC1. The first-order valence-corrected chi connectivity index (χ1v) is 9.20. The van der Waals surface area contributed by atoms with E-state index >= 15 is 0 Å². The number of carbonyl (C=O) groups excluding carboxylic acids is 2. The highest BCUT2D eigenvalue weighted by atomic mass is 16.2. The lowest BCUT2D eigenvalue weighted by atomic mass is 9.92. The molecule has 3 heterocycles. The number of nitrogens with zero attached hydrogens (tertiary/aromatic N) is 2. The van der Waals surface area contributed by atoms with E-state index in [0.29, 0.717) is 12.0 Å². The van der Waals surface area contributed by atoms with Gasteiger partial charge in [0.05, 0.1) is 0 Å². The molecule has 2 atom stereocenters. The standard InChI is InChI=1S/C17H30N4O2/c1-13-12-18-7-4-15(13)19-16(22)14-5-10-21(11-6-14)17(23)20-8-2-3-9-20/h13-15,18H,2-12H2,1H3,(H,19,22). The average molecular weight is 322 g/mol. The van der Waals surface area contributed by atoms with Gasteiger partial charge in [0, 0.05) is 38.1 Å². The monoisotopic (exact) mass is 322 g/mol. The molecule has 2 unspecified atom stereocenters. The van der Waals surface area contributed by atoms with E-state index in [4.69, 9.17) is 0 Å². The minimum atomic E-state index is 0.0692. The molecule has 23 heavy (non-hydrogen) atoms. The Bertz CT molecular complexity index is 428. The predicted molar refractivity (Wildman–Crippen MR) is 89.1 cm³/mol. The minimum Gasteiger partial charge on any atom is -0.353 e. The molecule has 3 rings (SSSR count). The fourth-order valence-corrected chi connectivity index (χ4v) is 3.97. The molecule has 3 saturated heterocycles. The molecule has 0 aliphatic carbocycles. The van der Waals surface area contributed by atoms with Crippen LogP contribution in [0.2, 0.25) is 0 Å². The van der Waals surface area contributed by atoms with Gasteiger partial charge in [-0.05, 0) is 51.1 Å². The number of nitrogens with one attached hydrogen (secondary N) is 2. The maximum absolute atomic E-state index is 12.5. The van der Waals surface area contributed by atoms with Crippen LogP contribution in [0, 0.1) is 11.8 Å². The van der Waals surface area contributed by atoms with Crippen molar-refractivity contribution in [1.29, 1.82) is 0 Å². The highest BCUT2D eigenvalue weighted by Gasteiger charge is 2.32. The van der Waals surface area contributed by atoms with E-state index < -0.39 is 0 Å². The molecule has 0 aromatic heterocycles. The maximum atomic E-state index is 12.5. The fourth-order valence-electron chi connectivity index (χ4n) is 3.97. The van der Waals surface area contributed by atoms with Crippen LogP contribution in [0.15, 0.2) is 0 Å². The van der Waals surface area contributed by atoms with Crippen molar-refractivity contribution in [2.24, 2.45) is 11.8 Å². The molecule has 130 valence electrons. The first kappa shape index (κ1) is 16.6. The molecule has 0 spiro atoms. The van der Waals surface area contributed by atoms with Crippen molar-refractivity contribution in [3.05, 3.63) is 0 Å². The van der Waals surface area contributed by atoms with E-state index in [1.807, 2.05) is 9.80 Å². The first-order valence-electron chi connectivity index (χ1n) is 9.20. The lowest BCUT2D eigenvalue weighted by Gasteiger charge is -2.36. The van der Waals surface area contributed by atoms with Crippen molar-refractivity contribution in [2.75, 3.05) is 39.3 Å². The van der Waals surface area contributed by atoms with Crippen LogP contribution in [0.1, 0.15) is 39.0 Å². The summed E-state index contributed by atoms with van der Waals surface area (Å²) in [6.07, 6.45) is 4.85. The zero-order valence-corrected chi connectivity index (χ0v) is 14.2. The van der Waals surface area contributed by atoms with Gasteiger partial charge in [0.1, 0.15) is 0 Å². The van der Waals surface area contributed by atoms with Crippen LogP contribution in [0.5, 0.6) is 0 Å². The van der Waals surface area contributed by atoms with Crippen LogP contribution in [-0.4, -0.2) is 67.0 Å². The van der Waals surface area contributed by atoms with E-state index in [9.17, 15) is 9.59 Å². The second-order valence-electron chi connectivity index (χ2n) is 7.32. The summed E-state index contributed by atoms with van der Waals surface area (Å²) in [5.41, 5.74) is 0. The first-order chi connectivity index (χ1) is 11.1. The van der Waals surface area contributed by atoms with Gasteiger partial charge in [0.2, 0.25) is 5.91 Å². The van der Waals surface area contributed by atoms with Crippen molar-refractivity contribution in [2.45, 2.75) is 45.1 Å². The number of carbonyl (C=O) groups is 2. The van der Waals surface area contributed by atoms with E-state index in [1.54, 1.807) is 0 Å². The summed E-state index contributed by atoms with van der Waals surface area (Å²) in [5.74, 6) is 0.751. The van der Waals surface area contributed by atoms with Gasteiger partial charge in [-0.15, -0.1) is 0 Å². The lowest BCUT2D eigenvalue weighted by molar-refractivity contribution is -0.127. The number of piperidine rings is 2. The molecule has 6 heteroatoms. The van der Waals surface area contributed by atoms with Gasteiger partial charge >= 0.3 is 6.03 Å². The Morgan fingerprint density at radius 3 is 2.30 bits per heavy atom. The van der Waals surface area contributed by atoms with Crippen molar-refractivity contribution < 1.29 is 9.59 Å². The Morgan fingerprint density at radius 2 is 1.65 bits per heavy atom. The summed E-state index contributed by atoms with van der Waals surface area (Å²) < 4.78 is 0. The quantitative estimate of drug-likeness (QED) is 0.798. The van der Waals surface area contributed by atoms with E-state index in [0.717, 1.165) is 71.4 Å². The second-order valence-corrected chi connectivity index (χ2v) is 7.32. The van der Waals surface area contributed by atoms with Crippen molar-refractivity contribution in [3.63, 3.8) is 0 Å². The molecular formula is C17H30N4O2. The molecule has 0 aromatic rings. The highest BCUT2D eigenvalue weighted by Crippen LogP contribution is 2.21. The van der Waals surface area contributed by atoms with Gasteiger partial charge in [-0.1, -0.05) is 6.92 Å². The molecule has 2 N–H and O–H groups in total. The lowest BCUT2D eigenvalue weighted by Crippen LogP contribution is -2.52. The smallest absolute Gasteiger partial charge is 0.319 e. The van der Waals surface area contributed by atoms with Crippen LogP contribution in [0.25, 0.3) is 0 Å². The predicted octanol–water partition coefficient (Wildman–Crippen LogP) is 1.03. The molecule has 0 bridgehead atoms. The molecule has 0 aromatic carbocycles. The summed E-state index contributed by atoms with van der Waals surface area (Å²) in [6.45, 7) is 7.38. The van der Waals surface area contributed by atoms with Crippen LogP contribution < -0.4 is 10.6 Å². The highest BCUT2D eigenvalue weighted by molar-refractivity contribution is 5.80. The Hall–Kier alpha value is -1.30. The van der Waals surface area contributed by atoms with E-state index in [2.05, 4.69) is 17.6 Å². The molecule has 3 aliphatic heterocycles. The van der Waals surface area contributed by atoms with Gasteiger partial charge in [-0.2, -0.15) is 0 Å². The van der Waals surface area contributed by atoms with E-state index in [-0.39, 0.29) is 17.9 Å². The zero-order valence-electron chi connectivity index (χ0n) is 14.2. The zero-order chi connectivity index (χ0) is 16.2. The maximum Gasteiger partial charge on any atom is 0.319 e. The van der Waals surface area contributed by atoms with E-state index in [1.165, 1.54) is 0 Å². The van der Waals surface area contributed by atoms with Crippen LogP contribution in [0.4, 0.5) is 4.79 Å². The topological polar surface area (TPSA) is 64.7 Å². The largest absolute Gasteiger partial charge is 0.353 e. The van der Waals surface area contributed by atoms with Crippen molar-refractivity contribution >= 4 is 11.9 Å². The molecular weight excluding hydrogens is 292 g/mol. The molecule has 3 fully saturated rings. The van der Waals surface area contributed by atoms with Crippen LogP contribution in [0.3, 0.4) is 0 Å². The van der Waals surface area contributed by atoms with Crippen molar-refractivity contribution in [3.8, 4) is 0 Å². The van der Waals surface area contributed by atoms with Gasteiger partial charge in [-0.25, -0.2) is 4.79 Å². The number of rotatable bonds is 2. The molecule has 6 nitrogen and oxygen atoms in total. The van der Waals surface area contributed by atoms with Gasteiger partial charge in [-0.3, -0.25) is 4.79 Å². The Labute approximate surface area is 139 Å². The van der Waals surface area contributed by atoms with Gasteiger partial charge < -0.3 is 20.4 Å². The third-order valence-electron chi connectivity index (χ3n) is 5.63. The van der Waals surface area contributed by atoms with Crippen LogP contribution in [-0.2, 0) is 4.79 Å². The minimum absolute atomic E-state index is 0.0692. The number of hydrogen-bond donors (Lipinski definition) is 2. The second kappa shape index (κ2) is 7.51. The molecule has 3 aliphatic rings. The average Bonchev–Trinajstić information content (AvgIpc) is 3.11. The summed E-state index contributed by atoms with van der Waals surface area (Å²) in [7, 11) is 0. The molecule has 3 amide bonds. The number of amides is 3. The fraction of sp³-hybridized carbons (Fsp3) is 0.882. The Kier molecular flexibility index (Phi) is 5.41. The number of urea groups is 1.